The van der Waals surface area contributed by atoms with E-state index < -0.39 is 0 Å². The van der Waals surface area contributed by atoms with Crippen molar-refractivity contribution < 1.29 is 4.79 Å². The molecule has 0 aliphatic heterocycles. The molecule has 0 saturated carbocycles. The number of hydrogen-bond acceptors (Lipinski definition) is 1. The van der Waals surface area contributed by atoms with E-state index in [1.807, 2.05) is 18.2 Å². The van der Waals surface area contributed by atoms with E-state index in [0.29, 0.717) is 26.2 Å². The van der Waals surface area contributed by atoms with Crippen LogP contribution < -0.4 is 0 Å². The van der Waals surface area contributed by atoms with Crippen LogP contribution in [0.4, 0.5) is 0 Å². The summed E-state index contributed by atoms with van der Waals surface area (Å²) in [5.74, 6) is 0. The van der Waals surface area contributed by atoms with Crippen molar-refractivity contribution in [2.75, 3.05) is 0 Å². The molecular formula is C15H8Cl3NO. The third-order valence-corrected chi connectivity index (χ3v) is 4.17. The second-order valence-corrected chi connectivity index (χ2v) is 5.56. The van der Waals surface area contributed by atoms with Gasteiger partial charge in [0.05, 0.1) is 10.0 Å². The van der Waals surface area contributed by atoms with Crippen molar-refractivity contribution in [3.8, 4) is 11.1 Å². The molecule has 100 valence electrons. The van der Waals surface area contributed by atoms with Gasteiger partial charge < -0.3 is 4.98 Å². The minimum Gasteiger partial charge on any atom is -0.360 e. The number of aromatic nitrogens is 1. The highest BCUT2D eigenvalue weighted by atomic mass is 35.5. The number of halogens is 3. The highest BCUT2D eigenvalue weighted by Gasteiger charge is 2.14. The normalized spacial score (nSPS) is 10.9. The van der Waals surface area contributed by atoms with Crippen molar-refractivity contribution in [2.45, 2.75) is 0 Å². The molecular weight excluding hydrogens is 317 g/mol. The fraction of sp³-hybridized carbons (Fsp3) is 0. The Labute approximate surface area is 130 Å². The highest BCUT2D eigenvalue weighted by molar-refractivity contribution is 6.45. The molecule has 1 heterocycles. The maximum Gasteiger partial charge on any atom is 0.152 e. The smallest absolute Gasteiger partial charge is 0.152 e. The molecule has 0 saturated heterocycles. The summed E-state index contributed by atoms with van der Waals surface area (Å²) in [7, 11) is 0. The first-order chi connectivity index (χ1) is 9.61. The summed E-state index contributed by atoms with van der Waals surface area (Å²) in [4.78, 5) is 14.2. The van der Waals surface area contributed by atoms with Crippen LogP contribution in [-0.2, 0) is 0 Å². The number of hydrogen-bond donors (Lipinski definition) is 1. The Balaban J connectivity index is 2.40. The molecule has 20 heavy (non-hydrogen) atoms. The number of nitrogens with one attached hydrogen (secondary N) is 1. The molecule has 5 heteroatoms. The van der Waals surface area contributed by atoms with E-state index in [1.165, 1.54) is 0 Å². The van der Waals surface area contributed by atoms with Crippen LogP contribution >= 0.6 is 34.8 Å². The molecule has 0 aliphatic rings. The van der Waals surface area contributed by atoms with Crippen molar-refractivity contribution in [2.24, 2.45) is 0 Å². The summed E-state index contributed by atoms with van der Waals surface area (Å²) in [6, 6.07) is 9.00. The van der Waals surface area contributed by atoms with Crippen LogP contribution in [0.25, 0.3) is 22.0 Å². The predicted molar refractivity (Wildman–Crippen MR) is 84.2 cm³/mol. The Morgan fingerprint density at radius 3 is 2.60 bits per heavy atom. The molecule has 2 aromatic carbocycles. The van der Waals surface area contributed by atoms with Gasteiger partial charge >= 0.3 is 0 Å². The molecule has 1 N–H and O–H groups in total. The van der Waals surface area contributed by atoms with E-state index in [-0.39, 0.29) is 0 Å². The maximum absolute atomic E-state index is 11.2. The van der Waals surface area contributed by atoms with E-state index in [1.54, 1.807) is 18.3 Å². The summed E-state index contributed by atoms with van der Waals surface area (Å²) in [5.41, 5.74) is 2.96. The summed E-state index contributed by atoms with van der Waals surface area (Å²) in [6.07, 6.45) is 2.48. The number of rotatable bonds is 2. The molecule has 0 aliphatic carbocycles. The molecule has 3 aromatic rings. The zero-order chi connectivity index (χ0) is 14.3. The van der Waals surface area contributed by atoms with Crippen molar-refractivity contribution in [3.05, 3.63) is 57.2 Å². The first kappa shape index (κ1) is 13.5. The van der Waals surface area contributed by atoms with Gasteiger partial charge in [0.25, 0.3) is 0 Å². The van der Waals surface area contributed by atoms with Gasteiger partial charge in [-0.15, -0.1) is 0 Å². The lowest BCUT2D eigenvalue weighted by molar-refractivity contribution is 0.112. The second kappa shape index (κ2) is 5.13. The Morgan fingerprint density at radius 1 is 1.05 bits per heavy atom. The molecule has 1 aromatic heterocycles. The van der Waals surface area contributed by atoms with Crippen molar-refractivity contribution in [1.82, 2.24) is 4.98 Å². The fourth-order valence-electron chi connectivity index (χ4n) is 2.28. The van der Waals surface area contributed by atoms with Gasteiger partial charge in [-0.2, -0.15) is 0 Å². The fourth-order valence-corrected chi connectivity index (χ4v) is 2.98. The van der Waals surface area contributed by atoms with Gasteiger partial charge in [0.1, 0.15) is 0 Å². The Kier molecular flexibility index (Phi) is 3.47. The van der Waals surface area contributed by atoms with E-state index in [4.69, 9.17) is 34.8 Å². The van der Waals surface area contributed by atoms with Gasteiger partial charge in [-0.25, -0.2) is 0 Å². The van der Waals surface area contributed by atoms with E-state index in [2.05, 4.69) is 4.98 Å². The molecule has 2 nitrogen and oxygen atoms in total. The Bertz CT molecular complexity index is 823. The van der Waals surface area contributed by atoms with Crippen molar-refractivity contribution in [1.29, 1.82) is 0 Å². The van der Waals surface area contributed by atoms with Crippen LogP contribution in [0.3, 0.4) is 0 Å². The molecule has 0 bridgehead atoms. The average molecular weight is 325 g/mol. The van der Waals surface area contributed by atoms with Gasteiger partial charge in [-0.3, -0.25) is 4.79 Å². The van der Waals surface area contributed by atoms with Crippen LogP contribution in [-0.4, -0.2) is 11.3 Å². The van der Waals surface area contributed by atoms with E-state index in [0.717, 1.165) is 22.8 Å². The van der Waals surface area contributed by atoms with Crippen molar-refractivity contribution >= 4 is 52.0 Å². The van der Waals surface area contributed by atoms with Crippen LogP contribution in [0, 0.1) is 0 Å². The third-order valence-electron chi connectivity index (χ3n) is 3.15. The topological polar surface area (TPSA) is 32.9 Å². The average Bonchev–Trinajstić information content (AvgIpc) is 2.86. The lowest BCUT2D eigenvalue weighted by Crippen LogP contribution is -1.85. The summed E-state index contributed by atoms with van der Waals surface area (Å²) in [5, 5.41) is 2.10. The first-order valence-corrected chi connectivity index (χ1v) is 6.95. The minimum absolute atomic E-state index is 0.384. The van der Waals surface area contributed by atoms with Crippen LogP contribution in [0.5, 0.6) is 0 Å². The molecule has 0 unspecified atom stereocenters. The predicted octanol–water partition coefficient (Wildman–Crippen LogP) is 5.61. The summed E-state index contributed by atoms with van der Waals surface area (Å²) >= 11 is 18.4. The van der Waals surface area contributed by atoms with Gasteiger partial charge in [-0.1, -0.05) is 46.9 Å². The number of aromatic amines is 1. The molecule has 3 rings (SSSR count). The van der Waals surface area contributed by atoms with Gasteiger partial charge in [0.2, 0.25) is 0 Å². The molecule has 0 atom stereocenters. The van der Waals surface area contributed by atoms with Crippen LogP contribution in [0.15, 0.2) is 36.5 Å². The third kappa shape index (κ3) is 2.10. The van der Waals surface area contributed by atoms with Gasteiger partial charge in [0, 0.05) is 33.2 Å². The number of fused-ring (bicyclic) bond motifs is 1. The molecule has 0 spiro atoms. The number of aldehydes is 1. The van der Waals surface area contributed by atoms with Crippen LogP contribution in [0.2, 0.25) is 15.1 Å². The Morgan fingerprint density at radius 2 is 1.85 bits per heavy atom. The van der Waals surface area contributed by atoms with Gasteiger partial charge in [-0.05, 0) is 23.8 Å². The lowest BCUT2D eigenvalue weighted by atomic mass is 9.99. The van der Waals surface area contributed by atoms with E-state index >= 15 is 0 Å². The Hall–Kier alpha value is -1.48. The van der Waals surface area contributed by atoms with Gasteiger partial charge in [0.15, 0.2) is 6.29 Å². The van der Waals surface area contributed by atoms with E-state index in [9.17, 15) is 4.79 Å². The van der Waals surface area contributed by atoms with Crippen molar-refractivity contribution in [3.63, 3.8) is 0 Å². The summed E-state index contributed by atoms with van der Waals surface area (Å²) < 4.78 is 0. The number of carbonyl (C=O) groups is 1. The number of benzene rings is 2. The molecule has 0 amide bonds. The standard InChI is InChI=1S/C15H8Cl3NO/c16-9-4-11(15(18)12(17)5-9)10-2-1-3-13-14(10)8(7-20)6-19-13/h1-7,19H. The van der Waals surface area contributed by atoms with Crippen LogP contribution in [0.1, 0.15) is 10.4 Å². The minimum atomic E-state index is 0.384. The molecule has 0 radical (unpaired) electrons. The monoisotopic (exact) mass is 323 g/mol. The molecule has 0 fully saturated rings. The number of carbonyl (C=O) groups excluding carboxylic acids is 1. The summed E-state index contributed by atoms with van der Waals surface area (Å²) in [6.45, 7) is 0. The largest absolute Gasteiger partial charge is 0.360 e. The lowest BCUT2D eigenvalue weighted by Gasteiger charge is -2.09. The second-order valence-electron chi connectivity index (χ2n) is 4.34. The highest BCUT2D eigenvalue weighted by Crippen LogP contribution is 2.39. The maximum atomic E-state index is 11.2. The first-order valence-electron chi connectivity index (χ1n) is 5.82. The number of H-pyrrole nitrogens is 1. The quantitative estimate of drug-likeness (QED) is 0.482. The SMILES string of the molecule is O=Cc1c[nH]c2cccc(-c3cc(Cl)cc(Cl)c3Cl)c12. The zero-order valence-corrected chi connectivity index (χ0v) is 12.4. The zero-order valence-electron chi connectivity index (χ0n) is 10.1.